The van der Waals surface area contributed by atoms with Gasteiger partial charge in [-0.2, -0.15) is 13.2 Å². The number of hydrogen-bond donors (Lipinski definition) is 1. The summed E-state index contributed by atoms with van der Waals surface area (Å²) in [4.78, 5) is 26.1. The maximum absolute atomic E-state index is 12.9. The van der Waals surface area contributed by atoms with Gasteiger partial charge in [0.1, 0.15) is 0 Å². The molecule has 2 amide bonds. The first kappa shape index (κ1) is 20.5. The molecule has 0 radical (unpaired) electrons. The molecule has 0 aromatic heterocycles. The van der Waals surface area contributed by atoms with Crippen LogP contribution in [0.1, 0.15) is 12.0 Å². The van der Waals surface area contributed by atoms with E-state index in [-0.39, 0.29) is 18.7 Å². The van der Waals surface area contributed by atoms with Gasteiger partial charge >= 0.3 is 6.18 Å². The Hall–Kier alpha value is -3.23. The number of carbonyl (C=O) groups excluding carboxylic acids is 2. The second kappa shape index (κ2) is 8.02. The van der Waals surface area contributed by atoms with Crippen LogP contribution in [0.2, 0.25) is 0 Å². The molecule has 1 saturated heterocycles. The number of halogens is 3. The van der Waals surface area contributed by atoms with E-state index in [4.69, 9.17) is 9.47 Å². The van der Waals surface area contributed by atoms with E-state index in [1.807, 2.05) is 0 Å². The Morgan fingerprint density at radius 3 is 2.48 bits per heavy atom. The van der Waals surface area contributed by atoms with E-state index in [0.29, 0.717) is 17.2 Å². The van der Waals surface area contributed by atoms with Crippen molar-refractivity contribution >= 4 is 23.2 Å². The van der Waals surface area contributed by atoms with Gasteiger partial charge in [-0.05, 0) is 30.3 Å². The van der Waals surface area contributed by atoms with E-state index in [0.717, 1.165) is 12.1 Å². The van der Waals surface area contributed by atoms with E-state index in [2.05, 4.69) is 5.32 Å². The first-order chi connectivity index (χ1) is 13.7. The highest BCUT2D eigenvalue weighted by Gasteiger charge is 2.37. The van der Waals surface area contributed by atoms with Crippen molar-refractivity contribution in [2.75, 3.05) is 31.0 Å². The molecule has 1 atom stereocenters. The van der Waals surface area contributed by atoms with Crippen LogP contribution in [0.3, 0.4) is 0 Å². The van der Waals surface area contributed by atoms with Crippen molar-refractivity contribution in [3.05, 3.63) is 48.0 Å². The molecule has 2 aromatic rings. The molecule has 0 saturated carbocycles. The monoisotopic (exact) mass is 408 g/mol. The van der Waals surface area contributed by atoms with Crippen molar-refractivity contribution in [1.82, 2.24) is 0 Å². The predicted molar refractivity (Wildman–Crippen MR) is 100 cm³/mol. The minimum absolute atomic E-state index is 0.000727. The summed E-state index contributed by atoms with van der Waals surface area (Å²) in [6.07, 6.45) is -4.60. The topological polar surface area (TPSA) is 67.9 Å². The average Bonchev–Trinajstić information content (AvgIpc) is 3.09. The number of ether oxygens (including phenoxy) is 2. The van der Waals surface area contributed by atoms with Gasteiger partial charge in [-0.15, -0.1) is 0 Å². The third kappa shape index (κ3) is 4.44. The van der Waals surface area contributed by atoms with Gasteiger partial charge in [-0.1, -0.05) is 6.07 Å². The molecular formula is C20H19F3N2O4. The Morgan fingerprint density at radius 2 is 1.83 bits per heavy atom. The lowest BCUT2D eigenvalue weighted by Gasteiger charge is -2.18. The van der Waals surface area contributed by atoms with Gasteiger partial charge in [0.05, 0.1) is 25.7 Å². The molecule has 154 valence electrons. The molecule has 0 aliphatic carbocycles. The third-order valence-electron chi connectivity index (χ3n) is 4.63. The number of methoxy groups -OCH3 is 2. The number of alkyl halides is 3. The van der Waals surface area contributed by atoms with E-state index >= 15 is 0 Å². The lowest BCUT2D eigenvalue weighted by molar-refractivity contribution is -0.137. The van der Waals surface area contributed by atoms with Crippen molar-refractivity contribution in [3.63, 3.8) is 0 Å². The molecule has 29 heavy (non-hydrogen) atoms. The van der Waals surface area contributed by atoms with Crippen molar-refractivity contribution in [1.29, 1.82) is 0 Å². The van der Waals surface area contributed by atoms with Gasteiger partial charge in [-0.3, -0.25) is 9.59 Å². The van der Waals surface area contributed by atoms with Crippen LogP contribution in [-0.2, 0) is 15.8 Å². The van der Waals surface area contributed by atoms with Gasteiger partial charge in [0.15, 0.2) is 11.5 Å². The van der Waals surface area contributed by atoms with Gasteiger partial charge in [-0.25, -0.2) is 0 Å². The summed E-state index contributed by atoms with van der Waals surface area (Å²) in [5, 5.41) is 2.70. The van der Waals surface area contributed by atoms with E-state index < -0.39 is 29.5 Å². The molecule has 1 N–H and O–H groups in total. The largest absolute Gasteiger partial charge is 0.493 e. The Kier molecular flexibility index (Phi) is 5.67. The standard InChI is InChI=1S/C20H19F3N2O4/c1-28-16-7-6-14(10-17(16)29-2)24-19(27)12-8-18(26)25(11-12)15-5-3-4-13(9-15)20(21,22)23/h3-7,9-10,12H,8,11H2,1-2H3,(H,24,27). The molecule has 9 heteroatoms. The Labute approximate surface area is 165 Å². The summed E-state index contributed by atoms with van der Waals surface area (Å²) in [6, 6.07) is 9.34. The fraction of sp³-hybridized carbons (Fsp3) is 0.300. The first-order valence-corrected chi connectivity index (χ1v) is 8.73. The Morgan fingerprint density at radius 1 is 1.10 bits per heavy atom. The van der Waals surface area contributed by atoms with Gasteiger partial charge < -0.3 is 19.7 Å². The Balaban J connectivity index is 1.72. The number of anilines is 2. The predicted octanol–water partition coefficient (Wildman–Crippen LogP) is 3.71. The summed E-state index contributed by atoms with van der Waals surface area (Å²) in [5.74, 6) is -0.572. The zero-order chi connectivity index (χ0) is 21.2. The number of amides is 2. The molecule has 0 bridgehead atoms. The number of hydrogen-bond acceptors (Lipinski definition) is 4. The van der Waals surface area contributed by atoms with E-state index in [1.165, 1.54) is 31.3 Å². The number of benzene rings is 2. The second-order valence-electron chi connectivity index (χ2n) is 6.51. The first-order valence-electron chi connectivity index (χ1n) is 8.73. The molecular weight excluding hydrogens is 389 g/mol. The van der Waals surface area contributed by atoms with Gasteiger partial charge in [0.2, 0.25) is 11.8 Å². The SMILES string of the molecule is COc1ccc(NC(=O)C2CC(=O)N(c3cccc(C(F)(F)F)c3)C2)cc1OC. The highest BCUT2D eigenvalue weighted by atomic mass is 19.4. The Bertz CT molecular complexity index is 930. The molecule has 3 rings (SSSR count). The fourth-order valence-corrected chi connectivity index (χ4v) is 3.14. The molecule has 1 aliphatic rings. The summed E-state index contributed by atoms with van der Waals surface area (Å²) in [7, 11) is 2.95. The van der Waals surface area contributed by atoms with Crippen LogP contribution in [0.4, 0.5) is 24.5 Å². The normalized spacial score (nSPS) is 16.7. The number of rotatable bonds is 5. The van der Waals surface area contributed by atoms with Crippen molar-refractivity contribution < 1.29 is 32.2 Å². The van der Waals surface area contributed by atoms with Crippen molar-refractivity contribution in [3.8, 4) is 11.5 Å². The lowest BCUT2D eigenvalue weighted by atomic mass is 10.1. The van der Waals surface area contributed by atoms with Crippen molar-refractivity contribution in [2.24, 2.45) is 5.92 Å². The highest BCUT2D eigenvalue weighted by Crippen LogP contribution is 2.34. The van der Waals surface area contributed by atoms with E-state index in [1.54, 1.807) is 18.2 Å². The molecule has 0 spiro atoms. The summed E-state index contributed by atoms with van der Waals surface area (Å²) >= 11 is 0. The minimum atomic E-state index is -4.51. The van der Waals surface area contributed by atoms with E-state index in [9.17, 15) is 22.8 Å². The van der Waals surface area contributed by atoms with Gasteiger partial charge in [0, 0.05) is 30.4 Å². The molecule has 6 nitrogen and oxygen atoms in total. The zero-order valence-corrected chi connectivity index (χ0v) is 15.7. The highest BCUT2D eigenvalue weighted by molar-refractivity contribution is 6.03. The summed E-state index contributed by atoms with van der Waals surface area (Å²) in [5.41, 5.74) is -0.273. The minimum Gasteiger partial charge on any atom is -0.493 e. The van der Waals surface area contributed by atoms with Crippen LogP contribution in [0.25, 0.3) is 0 Å². The maximum atomic E-state index is 12.9. The molecule has 1 aliphatic heterocycles. The quantitative estimate of drug-likeness (QED) is 0.819. The van der Waals surface area contributed by atoms with Crippen LogP contribution in [0.5, 0.6) is 11.5 Å². The molecule has 1 fully saturated rings. The molecule has 1 unspecified atom stereocenters. The maximum Gasteiger partial charge on any atom is 0.416 e. The molecule has 2 aromatic carbocycles. The van der Waals surface area contributed by atoms with Gasteiger partial charge in [0.25, 0.3) is 0 Å². The fourth-order valence-electron chi connectivity index (χ4n) is 3.14. The van der Waals surface area contributed by atoms with Crippen LogP contribution < -0.4 is 19.7 Å². The summed E-state index contributed by atoms with van der Waals surface area (Å²) in [6.45, 7) is -0.000727. The lowest BCUT2D eigenvalue weighted by Crippen LogP contribution is -2.28. The van der Waals surface area contributed by atoms with Crippen LogP contribution in [0.15, 0.2) is 42.5 Å². The zero-order valence-electron chi connectivity index (χ0n) is 15.7. The molecule has 1 heterocycles. The second-order valence-corrected chi connectivity index (χ2v) is 6.51. The number of nitrogens with zero attached hydrogens (tertiary/aromatic N) is 1. The number of nitrogens with one attached hydrogen (secondary N) is 1. The smallest absolute Gasteiger partial charge is 0.416 e. The average molecular weight is 408 g/mol. The summed E-state index contributed by atoms with van der Waals surface area (Å²) < 4.78 is 49.1. The van der Waals surface area contributed by atoms with Crippen molar-refractivity contribution in [2.45, 2.75) is 12.6 Å². The third-order valence-corrected chi connectivity index (χ3v) is 4.63. The van der Waals surface area contributed by atoms with Crippen LogP contribution in [0, 0.1) is 5.92 Å². The van der Waals surface area contributed by atoms with Crippen LogP contribution >= 0.6 is 0 Å². The number of carbonyl (C=O) groups is 2. The van der Waals surface area contributed by atoms with Crippen LogP contribution in [-0.4, -0.2) is 32.6 Å².